The number of halogens is 3. The van der Waals surface area contributed by atoms with Crippen LogP contribution in [-0.4, -0.2) is 25.9 Å². The molecule has 7 nitrogen and oxygen atoms in total. The zero-order valence-electron chi connectivity index (χ0n) is 14.4. The van der Waals surface area contributed by atoms with Crippen LogP contribution in [0.25, 0.3) is 0 Å². The van der Waals surface area contributed by atoms with Crippen LogP contribution in [0, 0.1) is 17.0 Å². The second-order valence-electron chi connectivity index (χ2n) is 5.72. The van der Waals surface area contributed by atoms with Crippen molar-refractivity contribution in [3.63, 3.8) is 0 Å². The zero-order valence-corrected chi connectivity index (χ0v) is 17.5. The Labute approximate surface area is 181 Å². The third kappa shape index (κ3) is 6.49. The van der Waals surface area contributed by atoms with Crippen LogP contribution in [0.3, 0.4) is 0 Å². The Bertz CT molecular complexity index is 905. The first kappa shape index (κ1) is 22.2. The number of non-ortho nitro benzene ring substituents is 1. The van der Waals surface area contributed by atoms with Gasteiger partial charge in [0.2, 0.25) is 3.79 Å². The number of hydrogen-bond donors (Lipinski definition) is 3. The van der Waals surface area contributed by atoms with Gasteiger partial charge in [-0.15, -0.1) is 0 Å². The van der Waals surface area contributed by atoms with Gasteiger partial charge in [-0.1, -0.05) is 53.0 Å². The van der Waals surface area contributed by atoms with Crippen molar-refractivity contribution in [2.45, 2.75) is 16.9 Å². The number of carbonyl (C=O) groups excluding carboxylic acids is 1. The van der Waals surface area contributed by atoms with Gasteiger partial charge in [0, 0.05) is 23.4 Å². The molecule has 3 N–H and O–H groups in total. The van der Waals surface area contributed by atoms with Gasteiger partial charge < -0.3 is 16.0 Å². The number of rotatable bonds is 5. The number of thiocarbonyl (C=S) groups is 1. The van der Waals surface area contributed by atoms with Gasteiger partial charge in [-0.25, -0.2) is 0 Å². The third-order valence-corrected chi connectivity index (χ3v) is 4.35. The lowest BCUT2D eigenvalue weighted by atomic mass is 10.2. The lowest BCUT2D eigenvalue weighted by Crippen LogP contribution is -2.56. The summed E-state index contributed by atoms with van der Waals surface area (Å²) in [7, 11) is 0. The normalized spacial score (nSPS) is 12.0. The van der Waals surface area contributed by atoms with Gasteiger partial charge in [0.25, 0.3) is 11.6 Å². The fourth-order valence-corrected chi connectivity index (χ4v) is 2.76. The summed E-state index contributed by atoms with van der Waals surface area (Å²) in [6, 6.07) is 12.6. The van der Waals surface area contributed by atoms with Gasteiger partial charge in [0.05, 0.1) is 4.92 Å². The van der Waals surface area contributed by atoms with Gasteiger partial charge in [-0.05, 0) is 42.9 Å². The fourth-order valence-electron chi connectivity index (χ4n) is 2.20. The quantitative estimate of drug-likeness (QED) is 0.202. The van der Waals surface area contributed by atoms with Gasteiger partial charge in [-0.3, -0.25) is 14.9 Å². The number of nitro benzene ring substituents is 1. The molecule has 0 saturated carbocycles. The van der Waals surface area contributed by atoms with E-state index in [9.17, 15) is 14.9 Å². The minimum atomic E-state index is -1.95. The summed E-state index contributed by atoms with van der Waals surface area (Å²) < 4.78 is -1.95. The maximum absolute atomic E-state index is 12.4. The highest BCUT2D eigenvalue weighted by molar-refractivity contribution is 7.80. The molecular weight excluding hydrogens is 447 g/mol. The number of aryl methyl sites for hydroxylation is 1. The molecule has 28 heavy (non-hydrogen) atoms. The molecule has 1 amide bonds. The molecule has 2 rings (SSSR count). The number of carbonyl (C=O) groups is 1. The molecule has 0 aliphatic heterocycles. The topological polar surface area (TPSA) is 96.3 Å². The van der Waals surface area contributed by atoms with Crippen LogP contribution in [0.4, 0.5) is 11.4 Å². The number of benzene rings is 2. The van der Waals surface area contributed by atoms with Crippen molar-refractivity contribution in [2.75, 3.05) is 5.32 Å². The first-order valence-corrected chi connectivity index (χ1v) is 9.36. The minimum absolute atomic E-state index is 0.0350. The fraction of sp³-hybridized carbons (Fsp3) is 0.176. The maximum atomic E-state index is 12.4. The van der Waals surface area contributed by atoms with Gasteiger partial charge in [-0.2, -0.15) is 0 Å². The number of anilines is 1. The van der Waals surface area contributed by atoms with Crippen LogP contribution in [0.1, 0.15) is 15.9 Å². The summed E-state index contributed by atoms with van der Waals surface area (Å²) in [6.45, 7) is 1.92. The smallest absolute Gasteiger partial charge is 0.270 e. The molecule has 0 saturated heterocycles. The van der Waals surface area contributed by atoms with E-state index in [0.29, 0.717) is 5.69 Å². The van der Waals surface area contributed by atoms with E-state index in [2.05, 4.69) is 16.0 Å². The first-order chi connectivity index (χ1) is 13.1. The Balaban J connectivity index is 2.11. The van der Waals surface area contributed by atoms with E-state index in [1.807, 2.05) is 25.1 Å². The van der Waals surface area contributed by atoms with Crippen molar-refractivity contribution < 1.29 is 9.72 Å². The molecule has 2 aromatic rings. The van der Waals surface area contributed by atoms with Crippen LogP contribution < -0.4 is 16.0 Å². The molecule has 0 aliphatic carbocycles. The van der Waals surface area contributed by atoms with Crippen LogP contribution in [0.5, 0.6) is 0 Å². The van der Waals surface area contributed by atoms with Crippen LogP contribution in [0.2, 0.25) is 0 Å². The largest absolute Gasteiger partial charge is 0.339 e. The van der Waals surface area contributed by atoms with E-state index in [4.69, 9.17) is 47.0 Å². The highest BCUT2D eigenvalue weighted by atomic mass is 35.6. The molecule has 0 aromatic heterocycles. The molecule has 0 spiro atoms. The van der Waals surface area contributed by atoms with E-state index in [-0.39, 0.29) is 16.4 Å². The Morgan fingerprint density at radius 2 is 1.82 bits per heavy atom. The molecule has 1 atom stereocenters. The molecule has 0 fully saturated rings. The van der Waals surface area contributed by atoms with E-state index < -0.39 is 20.8 Å². The van der Waals surface area contributed by atoms with Gasteiger partial charge >= 0.3 is 0 Å². The third-order valence-electron chi connectivity index (χ3n) is 3.47. The zero-order chi connectivity index (χ0) is 20.9. The second kappa shape index (κ2) is 9.38. The Morgan fingerprint density at radius 3 is 2.43 bits per heavy atom. The van der Waals surface area contributed by atoms with Gasteiger partial charge in [0.1, 0.15) is 6.17 Å². The monoisotopic (exact) mass is 460 g/mol. The summed E-state index contributed by atoms with van der Waals surface area (Å²) in [5, 5.41) is 19.1. The Hall–Kier alpha value is -2.13. The van der Waals surface area contributed by atoms with Crippen LogP contribution in [0.15, 0.2) is 48.5 Å². The molecule has 1 unspecified atom stereocenters. The summed E-state index contributed by atoms with van der Waals surface area (Å²) >= 11 is 23.0. The number of nitrogens with zero attached hydrogens (tertiary/aromatic N) is 1. The van der Waals surface area contributed by atoms with Crippen molar-refractivity contribution in [3.8, 4) is 0 Å². The van der Waals surface area contributed by atoms with E-state index in [0.717, 1.165) is 11.6 Å². The summed E-state index contributed by atoms with van der Waals surface area (Å²) in [4.78, 5) is 22.7. The molecule has 0 aliphatic rings. The molecule has 0 heterocycles. The number of alkyl halides is 3. The van der Waals surface area contributed by atoms with E-state index >= 15 is 0 Å². The average molecular weight is 462 g/mol. The van der Waals surface area contributed by atoms with Crippen molar-refractivity contribution in [3.05, 3.63) is 69.8 Å². The molecule has 11 heteroatoms. The lowest BCUT2D eigenvalue weighted by molar-refractivity contribution is -0.384. The van der Waals surface area contributed by atoms with E-state index in [1.54, 1.807) is 6.07 Å². The Kier molecular flexibility index (Phi) is 7.42. The average Bonchev–Trinajstić information content (AvgIpc) is 2.60. The predicted molar refractivity (Wildman–Crippen MR) is 115 cm³/mol. The molecule has 148 valence electrons. The lowest BCUT2D eigenvalue weighted by Gasteiger charge is -2.27. The van der Waals surface area contributed by atoms with Crippen LogP contribution >= 0.6 is 47.0 Å². The number of nitrogens with one attached hydrogen (secondary N) is 3. The van der Waals surface area contributed by atoms with Crippen molar-refractivity contribution in [1.29, 1.82) is 0 Å². The summed E-state index contributed by atoms with van der Waals surface area (Å²) in [5.74, 6) is -0.675. The number of amides is 1. The SMILES string of the molecule is Cc1cccc(NC(=S)NC(NC(=O)c2cccc([N+](=O)[O-])c2)C(Cl)(Cl)Cl)c1. The van der Waals surface area contributed by atoms with Crippen molar-refractivity contribution in [1.82, 2.24) is 10.6 Å². The summed E-state index contributed by atoms with van der Waals surface area (Å²) in [6.07, 6.45) is -1.20. The molecule has 0 radical (unpaired) electrons. The number of nitro groups is 1. The minimum Gasteiger partial charge on any atom is -0.339 e. The van der Waals surface area contributed by atoms with Crippen LogP contribution in [-0.2, 0) is 0 Å². The first-order valence-electron chi connectivity index (χ1n) is 7.82. The predicted octanol–water partition coefficient (Wildman–Crippen LogP) is 4.32. The van der Waals surface area contributed by atoms with Crippen molar-refractivity contribution in [2.24, 2.45) is 0 Å². The highest BCUT2D eigenvalue weighted by Crippen LogP contribution is 2.29. The molecule has 0 bridgehead atoms. The van der Waals surface area contributed by atoms with Crippen molar-refractivity contribution >= 4 is 69.4 Å². The number of hydrogen-bond acceptors (Lipinski definition) is 4. The Morgan fingerprint density at radius 1 is 1.14 bits per heavy atom. The maximum Gasteiger partial charge on any atom is 0.270 e. The van der Waals surface area contributed by atoms with E-state index in [1.165, 1.54) is 18.2 Å². The molecule has 2 aromatic carbocycles. The highest BCUT2D eigenvalue weighted by Gasteiger charge is 2.35. The standard InChI is InChI=1S/C17H15Cl3N4O3S/c1-10-4-2-6-12(8-10)21-16(28)23-15(17(18,19)20)22-14(25)11-5-3-7-13(9-11)24(26)27/h2-9,15H,1H3,(H,22,25)(H2,21,23,28). The second-order valence-corrected chi connectivity index (χ2v) is 8.50. The van der Waals surface area contributed by atoms with Gasteiger partial charge in [0.15, 0.2) is 5.11 Å². The molecular formula is C17H15Cl3N4O3S. The summed E-state index contributed by atoms with van der Waals surface area (Å²) in [5.41, 5.74) is 1.53.